The van der Waals surface area contributed by atoms with Crippen molar-refractivity contribution in [1.29, 1.82) is 0 Å². The van der Waals surface area contributed by atoms with Crippen LogP contribution in [-0.4, -0.2) is 52.7 Å². The molecule has 0 atom stereocenters. The Labute approximate surface area is 194 Å². The quantitative estimate of drug-likeness (QED) is 0.483. The number of fused-ring (bicyclic) bond motifs is 1. The number of ether oxygens (including phenoxy) is 2. The van der Waals surface area contributed by atoms with Gasteiger partial charge in [-0.1, -0.05) is 12.1 Å². The number of H-pyrrole nitrogens is 1. The first kappa shape index (κ1) is 21.3. The normalized spacial score (nSPS) is 14.5. The maximum Gasteiger partial charge on any atom is 0.326 e. The van der Waals surface area contributed by atoms with Crippen LogP contribution in [0.3, 0.4) is 0 Å². The summed E-state index contributed by atoms with van der Waals surface area (Å²) >= 11 is 1.43. The highest BCUT2D eigenvalue weighted by molar-refractivity contribution is 7.13. The molecule has 33 heavy (non-hydrogen) atoms. The van der Waals surface area contributed by atoms with E-state index in [1.807, 2.05) is 51.9 Å². The number of para-hydroxylation sites is 2. The van der Waals surface area contributed by atoms with E-state index in [1.165, 1.54) is 11.3 Å². The van der Waals surface area contributed by atoms with Crippen molar-refractivity contribution in [3.63, 3.8) is 0 Å². The van der Waals surface area contributed by atoms with E-state index in [9.17, 15) is 9.59 Å². The summed E-state index contributed by atoms with van der Waals surface area (Å²) in [7, 11) is 3.18. The Kier molecular flexibility index (Phi) is 5.63. The predicted octanol–water partition coefficient (Wildman–Crippen LogP) is 3.95. The van der Waals surface area contributed by atoms with Gasteiger partial charge in [0.25, 0.3) is 5.91 Å². The molecule has 1 aliphatic rings. The summed E-state index contributed by atoms with van der Waals surface area (Å²) in [5, 5.41) is 2.55. The van der Waals surface area contributed by atoms with E-state index in [1.54, 1.807) is 19.6 Å². The molecule has 1 amide bonds. The van der Waals surface area contributed by atoms with Gasteiger partial charge in [0.05, 0.1) is 25.3 Å². The van der Waals surface area contributed by atoms with E-state index >= 15 is 0 Å². The summed E-state index contributed by atoms with van der Waals surface area (Å²) in [5.41, 5.74) is 2.96. The third-order valence-corrected chi connectivity index (χ3v) is 6.99. The molecule has 8 nitrogen and oxygen atoms in total. The lowest BCUT2D eigenvalue weighted by Crippen LogP contribution is -2.40. The largest absolute Gasteiger partial charge is 0.493 e. The van der Waals surface area contributed by atoms with Crippen LogP contribution in [0.4, 0.5) is 0 Å². The van der Waals surface area contributed by atoms with Crippen LogP contribution in [0.5, 0.6) is 11.5 Å². The van der Waals surface area contributed by atoms with Crippen molar-refractivity contribution in [2.75, 3.05) is 27.3 Å². The molecule has 0 unspecified atom stereocenters. The number of methoxy groups -OCH3 is 2. The number of hydrogen-bond acceptors (Lipinski definition) is 6. The number of carbonyl (C=O) groups is 1. The number of likely N-dealkylation sites (tertiary alicyclic amines) is 1. The lowest BCUT2D eigenvalue weighted by Gasteiger charge is -2.32. The average molecular weight is 465 g/mol. The maximum absolute atomic E-state index is 13.1. The van der Waals surface area contributed by atoms with Crippen molar-refractivity contribution in [3.05, 3.63) is 64.0 Å². The van der Waals surface area contributed by atoms with Crippen molar-refractivity contribution >= 4 is 28.3 Å². The van der Waals surface area contributed by atoms with E-state index in [4.69, 9.17) is 9.47 Å². The molecule has 1 saturated heterocycles. The Morgan fingerprint density at radius 2 is 1.85 bits per heavy atom. The standard InChI is InChI=1S/C24H24N4O4S/c1-31-20-8-7-15(13-21(20)32-2)22-25-18(14-33-22)23(29)27-11-9-16(10-12-27)28-19-6-4-3-5-17(19)26-24(28)30/h3-8,13-14,16H,9-12H2,1-2H3,(H,26,30). The molecule has 170 valence electrons. The van der Waals surface area contributed by atoms with Crippen LogP contribution in [0.2, 0.25) is 0 Å². The lowest BCUT2D eigenvalue weighted by atomic mass is 10.0. The highest BCUT2D eigenvalue weighted by atomic mass is 32.1. The van der Waals surface area contributed by atoms with Crippen molar-refractivity contribution in [2.24, 2.45) is 0 Å². The van der Waals surface area contributed by atoms with E-state index in [0.29, 0.717) is 30.3 Å². The second kappa shape index (κ2) is 8.74. The van der Waals surface area contributed by atoms with Crippen LogP contribution in [0.1, 0.15) is 29.4 Å². The number of piperidine rings is 1. The first-order valence-electron chi connectivity index (χ1n) is 10.8. The Morgan fingerprint density at radius 3 is 2.61 bits per heavy atom. The topological polar surface area (TPSA) is 89.5 Å². The fourth-order valence-electron chi connectivity index (χ4n) is 4.40. The van der Waals surface area contributed by atoms with Gasteiger partial charge in [0.1, 0.15) is 10.7 Å². The molecule has 0 bridgehead atoms. The van der Waals surface area contributed by atoms with Crippen LogP contribution < -0.4 is 15.2 Å². The van der Waals surface area contributed by atoms with Gasteiger partial charge in [0.2, 0.25) is 0 Å². The molecule has 1 aliphatic heterocycles. The monoisotopic (exact) mass is 464 g/mol. The highest BCUT2D eigenvalue weighted by Gasteiger charge is 2.27. The first-order valence-corrected chi connectivity index (χ1v) is 11.6. The summed E-state index contributed by atoms with van der Waals surface area (Å²) in [5.74, 6) is 1.18. The lowest BCUT2D eigenvalue weighted by molar-refractivity contribution is 0.0690. The Bertz CT molecular complexity index is 1360. The number of thiazole rings is 1. The maximum atomic E-state index is 13.1. The van der Waals surface area contributed by atoms with Gasteiger partial charge < -0.3 is 19.4 Å². The molecule has 1 fully saturated rings. The summed E-state index contributed by atoms with van der Waals surface area (Å²) in [6.45, 7) is 1.16. The predicted molar refractivity (Wildman–Crippen MR) is 127 cm³/mol. The van der Waals surface area contributed by atoms with Gasteiger partial charge >= 0.3 is 5.69 Å². The molecule has 2 aromatic heterocycles. The van der Waals surface area contributed by atoms with Crippen LogP contribution in [0, 0.1) is 0 Å². The minimum Gasteiger partial charge on any atom is -0.493 e. The SMILES string of the molecule is COc1ccc(-c2nc(C(=O)N3CCC(n4c(=O)[nH]c5ccccc54)CC3)cs2)cc1OC. The number of imidazole rings is 1. The highest BCUT2D eigenvalue weighted by Crippen LogP contribution is 2.34. The molecule has 3 heterocycles. The van der Waals surface area contributed by atoms with Gasteiger partial charge in [0, 0.05) is 30.1 Å². The number of hydrogen-bond donors (Lipinski definition) is 1. The zero-order valence-electron chi connectivity index (χ0n) is 18.4. The number of nitrogens with zero attached hydrogens (tertiary/aromatic N) is 3. The molecule has 0 spiro atoms. The molecule has 5 rings (SSSR count). The summed E-state index contributed by atoms with van der Waals surface area (Å²) in [4.78, 5) is 34.9. The Balaban J connectivity index is 1.30. The number of amides is 1. The zero-order valence-corrected chi connectivity index (χ0v) is 19.2. The zero-order chi connectivity index (χ0) is 22.9. The molecule has 1 N–H and O–H groups in total. The van der Waals surface area contributed by atoms with Crippen LogP contribution in [0.15, 0.2) is 52.6 Å². The Hall–Kier alpha value is -3.59. The summed E-state index contributed by atoms with van der Waals surface area (Å²) < 4.78 is 12.5. The minimum atomic E-state index is -0.0972. The van der Waals surface area contributed by atoms with Gasteiger partial charge in [0.15, 0.2) is 11.5 Å². The van der Waals surface area contributed by atoms with Crippen molar-refractivity contribution in [3.8, 4) is 22.1 Å². The first-order chi connectivity index (χ1) is 16.1. The molecule has 0 aliphatic carbocycles. The van der Waals surface area contributed by atoms with Crippen LogP contribution >= 0.6 is 11.3 Å². The van der Waals surface area contributed by atoms with Gasteiger partial charge in [-0.15, -0.1) is 11.3 Å². The van der Waals surface area contributed by atoms with Gasteiger partial charge in [-0.25, -0.2) is 9.78 Å². The van der Waals surface area contributed by atoms with Crippen molar-refractivity contribution in [2.45, 2.75) is 18.9 Å². The second-order valence-corrected chi connectivity index (χ2v) is 8.81. The number of aromatic amines is 1. The number of carbonyl (C=O) groups excluding carboxylic acids is 1. The summed E-state index contributed by atoms with van der Waals surface area (Å²) in [6, 6.07) is 13.4. The number of benzene rings is 2. The van der Waals surface area contributed by atoms with E-state index in [0.717, 1.165) is 34.4 Å². The van der Waals surface area contributed by atoms with Gasteiger partial charge in [-0.3, -0.25) is 9.36 Å². The molecule has 2 aromatic carbocycles. The van der Waals surface area contributed by atoms with Crippen molar-refractivity contribution in [1.82, 2.24) is 19.4 Å². The van der Waals surface area contributed by atoms with Crippen LogP contribution in [0.25, 0.3) is 21.6 Å². The smallest absolute Gasteiger partial charge is 0.326 e. The number of rotatable bonds is 5. The average Bonchev–Trinajstić information content (AvgIpc) is 3.47. The second-order valence-electron chi connectivity index (χ2n) is 7.95. The van der Waals surface area contributed by atoms with Gasteiger partial charge in [-0.2, -0.15) is 0 Å². The fourth-order valence-corrected chi connectivity index (χ4v) is 5.19. The molecular formula is C24H24N4O4S. The van der Waals surface area contributed by atoms with E-state index < -0.39 is 0 Å². The third kappa shape index (κ3) is 3.89. The van der Waals surface area contributed by atoms with E-state index in [2.05, 4.69) is 9.97 Å². The fraction of sp³-hybridized carbons (Fsp3) is 0.292. The van der Waals surface area contributed by atoms with Gasteiger partial charge in [-0.05, 0) is 43.2 Å². The minimum absolute atomic E-state index is 0.0652. The third-order valence-electron chi connectivity index (χ3n) is 6.09. The van der Waals surface area contributed by atoms with E-state index in [-0.39, 0.29) is 17.6 Å². The summed E-state index contributed by atoms with van der Waals surface area (Å²) in [6.07, 6.45) is 1.44. The number of aromatic nitrogens is 3. The number of nitrogens with one attached hydrogen (secondary N) is 1. The molecule has 9 heteroatoms. The molecular weight excluding hydrogens is 440 g/mol. The molecule has 0 saturated carbocycles. The Morgan fingerprint density at radius 1 is 1.09 bits per heavy atom. The van der Waals surface area contributed by atoms with Crippen LogP contribution in [-0.2, 0) is 0 Å². The molecule has 4 aromatic rings. The van der Waals surface area contributed by atoms with Crippen molar-refractivity contribution < 1.29 is 14.3 Å². The molecule has 0 radical (unpaired) electrons.